The number of aromatic nitrogens is 1. The van der Waals surface area contributed by atoms with Crippen molar-refractivity contribution in [1.29, 1.82) is 0 Å². The maximum Gasteiger partial charge on any atom is 0.191 e. The number of rotatable bonds is 8. The van der Waals surface area contributed by atoms with E-state index in [2.05, 4.69) is 59.1 Å². The summed E-state index contributed by atoms with van der Waals surface area (Å²) in [6.45, 7) is 14.3. The average molecular weight is 489 g/mol. The summed E-state index contributed by atoms with van der Waals surface area (Å²) in [5.41, 5.74) is 2.29. The zero-order valence-electron chi connectivity index (χ0n) is 17.3. The normalized spacial score (nSPS) is 16.3. The second kappa shape index (κ2) is 12.4. The summed E-state index contributed by atoms with van der Waals surface area (Å²) < 4.78 is 5.47. The molecule has 1 aromatic rings. The first-order valence-electron chi connectivity index (χ1n) is 9.85. The third kappa shape index (κ3) is 7.81. The molecule has 7 heteroatoms. The van der Waals surface area contributed by atoms with E-state index in [1.54, 1.807) is 0 Å². The Balaban J connectivity index is 0.00000364. The van der Waals surface area contributed by atoms with Crippen LogP contribution in [0.25, 0.3) is 0 Å². The molecule has 1 fully saturated rings. The Hall–Kier alpha value is -1.09. The number of nitrogens with one attached hydrogen (secondary N) is 2. The molecular weight excluding hydrogens is 453 g/mol. The quantitative estimate of drug-likeness (QED) is 0.251. The van der Waals surface area contributed by atoms with E-state index in [0.717, 1.165) is 62.7 Å². The van der Waals surface area contributed by atoms with Crippen molar-refractivity contribution in [2.24, 2.45) is 4.99 Å². The molecule has 2 rings (SSSR count). The van der Waals surface area contributed by atoms with Gasteiger partial charge in [-0.05, 0) is 32.6 Å². The van der Waals surface area contributed by atoms with E-state index < -0.39 is 0 Å². The standard InChI is InChI=1S/C20H35N5O.HI/c1-6-16(7-2)19-12-18(26-24-19)13-22-20(21-5)23-17-8-10-25(11-9-17)14-15(3)4;/h12,16-17H,3,6-11,13-14H2,1-2,4-5H3,(H2,21,22,23);1H. The lowest BCUT2D eigenvalue weighted by molar-refractivity contribution is 0.221. The molecule has 154 valence electrons. The summed E-state index contributed by atoms with van der Waals surface area (Å²) in [6.07, 6.45) is 4.41. The van der Waals surface area contributed by atoms with Crippen LogP contribution in [0, 0.1) is 0 Å². The Morgan fingerprint density at radius 1 is 1.37 bits per heavy atom. The predicted molar refractivity (Wildman–Crippen MR) is 123 cm³/mol. The molecule has 2 heterocycles. The molecule has 0 bridgehead atoms. The fourth-order valence-corrected chi connectivity index (χ4v) is 3.49. The molecular formula is C20H36IN5O. The van der Waals surface area contributed by atoms with Crippen molar-refractivity contribution in [2.75, 3.05) is 26.7 Å². The van der Waals surface area contributed by atoms with E-state index in [1.165, 1.54) is 5.57 Å². The topological polar surface area (TPSA) is 65.7 Å². The molecule has 1 aliphatic rings. The minimum atomic E-state index is 0. The van der Waals surface area contributed by atoms with Gasteiger partial charge in [-0.1, -0.05) is 31.2 Å². The van der Waals surface area contributed by atoms with Crippen molar-refractivity contribution in [3.63, 3.8) is 0 Å². The van der Waals surface area contributed by atoms with Crippen molar-refractivity contribution < 1.29 is 4.52 Å². The van der Waals surface area contributed by atoms with Crippen LogP contribution >= 0.6 is 24.0 Å². The summed E-state index contributed by atoms with van der Waals surface area (Å²) in [6, 6.07) is 2.52. The summed E-state index contributed by atoms with van der Waals surface area (Å²) in [5.74, 6) is 2.16. The molecule has 6 nitrogen and oxygen atoms in total. The Morgan fingerprint density at radius 3 is 2.59 bits per heavy atom. The van der Waals surface area contributed by atoms with Crippen LogP contribution in [-0.4, -0.2) is 48.7 Å². The fraction of sp³-hybridized carbons (Fsp3) is 0.700. The van der Waals surface area contributed by atoms with Crippen LogP contribution in [0.4, 0.5) is 0 Å². The highest BCUT2D eigenvalue weighted by Crippen LogP contribution is 2.22. The number of likely N-dealkylation sites (tertiary alicyclic amines) is 1. The number of halogens is 1. The molecule has 0 atom stereocenters. The molecule has 1 aliphatic heterocycles. The minimum Gasteiger partial charge on any atom is -0.359 e. The van der Waals surface area contributed by atoms with Crippen LogP contribution in [0.2, 0.25) is 0 Å². The molecule has 0 aromatic carbocycles. The highest BCUT2D eigenvalue weighted by molar-refractivity contribution is 14.0. The van der Waals surface area contributed by atoms with Gasteiger partial charge < -0.3 is 15.2 Å². The number of hydrogen-bond donors (Lipinski definition) is 2. The van der Waals surface area contributed by atoms with Crippen LogP contribution in [0.3, 0.4) is 0 Å². The van der Waals surface area contributed by atoms with Crippen LogP contribution in [0.5, 0.6) is 0 Å². The van der Waals surface area contributed by atoms with Gasteiger partial charge >= 0.3 is 0 Å². The number of hydrogen-bond acceptors (Lipinski definition) is 4. The number of piperidine rings is 1. The molecule has 1 aromatic heterocycles. The second-order valence-corrected chi connectivity index (χ2v) is 7.31. The highest BCUT2D eigenvalue weighted by atomic mass is 127. The number of aliphatic imine (C=N–C) groups is 1. The van der Waals surface area contributed by atoms with Crippen LogP contribution in [-0.2, 0) is 6.54 Å². The molecule has 1 saturated heterocycles. The first-order chi connectivity index (χ1) is 12.5. The second-order valence-electron chi connectivity index (χ2n) is 7.31. The van der Waals surface area contributed by atoms with Gasteiger partial charge in [-0.15, -0.1) is 24.0 Å². The van der Waals surface area contributed by atoms with Crippen molar-refractivity contribution in [2.45, 2.75) is 65.0 Å². The van der Waals surface area contributed by atoms with E-state index in [4.69, 9.17) is 4.52 Å². The smallest absolute Gasteiger partial charge is 0.191 e. The summed E-state index contributed by atoms with van der Waals surface area (Å²) in [4.78, 5) is 6.81. The summed E-state index contributed by atoms with van der Waals surface area (Å²) in [5, 5.41) is 11.1. The summed E-state index contributed by atoms with van der Waals surface area (Å²) in [7, 11) is 1.81. The van der Waals surface area contributed by atoms with Gasteiger partial charge in [0.05, 0.1) is 12.2 Å². The maximum absolute atomic E-state index is 5.47. The lowest BCUT2D eigenvalue weighted by atomic mass is 9.99. The first-order valence-corrected chi connectivity index (χ1v) is 9.85. The van der Waals surface area contributed by atoms with Gasteiger partial charge in [0.25, 0.3) is 0 Å². The Bertz CT molecular complexity index is 589. The van der Waals surface area contributed by atoms with Gasteiger partial charge in [0, 0.05) is 44.7 Å². The van der Waals surface area contributed by atoms with E-state index >= 15 is 0 Å². The Kier molecular flexibility index (Phi) is 11.0. The van der Waals surface area contributed by atoms with E-state index in [1.807, 2.05) is 7.05 Å². The molecule has 0 unspecified atom stereocenters. The Morgan fingerprint density at radius 2 is 2.04 bits per heavy atom. The highest BCUT2D eigenvalue weighted by Gasteiger charge is 2.20. The van der Waals surface area contributed by atoms with Gasteiger partial charge in [-0.3, -0.25) is 9.89 Å². The lowest BCUT2D eigenvalue weighted by Crippen LogP contribution is -2.48. The largest absolute Gasteiger partial charge is 0.359 e. The number of guanidine groups is 1. The van der Waals surface area contributed by atoms with Crippen molar-refractivity contribution in [1.82, 2.24) is 20.7 Å². The predicted octanol–water partition coefficient (Wildman–Crippen LogP) is 3.90. The minimum absolute atomic E-state index is 0. The monoisotopic (exact) mass is 489 g/mol. The zero-order valence-corrected chi connectivity index (χ0v) is 19.6. The van der Waals surface area contributed by atoms with Gasteiger partial charge in [-0.25, -0.2) is 0 Å². The van der Waals surface area contributed by atoms with Crippen molar-refractivity contribution >= 4 is 29.9 Å². The van der Waals surface area contributed by atoms with Crippen molar-refractivity contribution in [3.8, 4) is 0 Å². The van der Waals surface area contributed by atoms with Gasteiger partial charge in [-0.2, -0.15) is 0 Å². The van der Waals surface area contributed by atoms with Gasteiger partial charge in [0.1, 0.15) is 0 Å². The van der Waals surface area contributed by atoms with Crippen LogP contribution in [0.15, 0.2) is 27.7 Å². The molecule has 0 radical (unpaired) electrons. The third-order valence-corrected chi connectivity index (χ3v) is 5.06. The molecule has 0 saturated carbocycles. The molecule has 2 N–H and O–H groups in total. The Labute approximate surface area is 181 Å². The van der Waals surface area contributed by atoms with Gasteiger partial charge in [0.2, 0.25) is 0 Å². The average Bonchev–Trinajstić information content (AvgIpc) is 3.09. The van der Waals surface area contributed by atoms with Crippen LogP contribution < -0.4 is 10.6 Å². The summed E-state index contributed by atoms with van der Waals surface area (Å²) >= 11 is 0. The SMILES string of the molecule is C=C(C)CN1CCC(NC(=NC)NCc2cc(C(CC)CC)no2)CC1.I. The number of nitrogens with zero attached hydrogens (tertiary/aromatic N) is 3. The van der Waals surface area contributed by atoms with Crippen molar-refractivity contribution in [3.05, 3.63) is 29.7 Å². The van der Waals surface area contributed by atoms with Gasteiger partial charge in [0.15, 0.2) is 11.7 Å². The van der Waals surface area contributed by atoms with E-state index in [0.29, 0.717) is 18.5 Å². The third-order valence-electron chi connectivity index (χ3n) is 5.06. The zero-order chi connectivity index (χ0) is 18.9. The van der Waals surface area contributed by atoms with E-state index in [-0.39, 0.29) is 24.0 Å². The fourth-order valence-electron chi connectivity index (χ4n) is 3.49. The lowest BCUT2D eigenvalue weighted by Gasteiger charge is -2.33. The maximum atomic E-state index is 5.47. The molecule has 0 amide bonds. The van der Waals surface area contributed by atoms with E-state index in [9.17, 15) is 0 Å². The molecule has 0 aliphatic carbocycles. The first kappa shape index (κ1) is 23.9. The van der Waals surface area contributed by atoms with Crippen LogP contribution in [0.1, 0.15) is 63.8 Å². The molecule has 27 heavy (non-hydrogen) atoms. The molecule has 0 spiro atoms.